The molecule has 0 aliphatic rings. The van der Waals surface area contributed by atoms with Crippen LogP contribution in [0.2, 0.25) is 0 Å². The number of methoxy groups -OCH3 is 1. The van der Waals surface area contributed by atoms with Crippen molar-refractivity contribution in [1.82, 2.24) is 5.32 Å². The standard InChI is InChI=1S/C3H7NO2.C2H5.CH3.Y/c1-4-3(5)6-2;1-2;;/h1-2H3,(H,4,5);1H2,2H3;1H3;/q;2*-1;. The van der Waals surface area contributed by atoms with Crippen molar-refractivity contribution in [3.05, 3.63) is 14.4 Å². The molecule has 0 bridgehead atoms. The number of hydrogen-bond donors (Lipinski definition) is 1. The van der Waals surface area contributed by atoms with Gasteiger partial charge in [-0.2, -0.15) is 6.92 Å². The van der Waals surface area contributed by atoms with Crippen LogP contribution in [0.4, 0.5) is 4.79 Å². The number of rotatable bonds is 0. The van der Waals surface area contributed by atoms with Crippen molar-refractivity contribution >= 4 is 6.09 Å². The monoisotopic (exact) mass is 222 g/mol. The molecule has 0 atom stereocenters. The molecule has 0 aromatic carbocycles. The molecule has 0 aromatic rings. The Hall–Kier alpha value is 0.374. The van der Waals surface area contributed by atoms with Crippen molar-refractivity contribution in [3.8, 4) is 0 Å². The van der Waals surface area contributed by atoms with Crippen LogP contribution in [-0.2, 0) is 37.4 Å². The Balaban J connectivity index is -0.0000000412. The van der Waals surface area contributed by atoms with E-state index in [0.717, 1.165) is 0 Å². The van der Waals surface area contributed by atoms with Crippen molar-refractivity contribution in [1.29, 1.82) is 0 Å². The van der Waals surface area contributed by atoms with Crippen LogP contribution in [0.5, 0.6) is 0 Å². The molecule has 0 saturated carbocycles. The van der Waals surface area contributed by atoms with E-state index in [1.165, 1.54) is 14.2 Å². The minimum Gasteiger partial charge on any atom is -0.453 e. The topological polar surface area (TPSA) is 38.3 Å². The number of carbonyl (C=O) groups excluding carboxylic acids is 1. The molecule has 0 unspecified atom stereocenters. The molecule has 61 valence electrons. The van der Waals surface area contributed by atoms with E-state index in [1.54, 1.807) is 6.92 Å². The number of ether oxygens (including phenoxy) is 1. The van der Waals surface area contributed by atoms with Gasteiger partial charge in [-0.1, -0.05) is 0 Å². The van der Waals surface area contributed by atoms with Gasteiger partial charge in [-0.3, -0.25) is 0 Å². The molecule has 0 saturated heterocycles. The van der Waals surface area contributed by atoms with Crippen LogP contribution in [-0.4, -0.2) is 20.3 Å². The molecule has 1 amide bonds. The molecular weight excluding hydrogens is 207 g/mol. The van der Waals surface area contributed by atoms with Gasteiger partial charge in [0.2, 0.25) is 0 Å². The SMILES string of the molecule is CNC(=O)OC.[CH2-]C.[CH3-].[Y]. The minimum atomic E-state index is -0.407. The van der Waals surface area contributed by atoms with E-state index in [4.69, 9.17) is 0 Å². The molecule has 3 nitrogen and oxygen atoms in total. The van der Waals surface area contributed by atoms with Crippen LogP contribution in [0, 0.1) is 14.4 Å². The fourth-order valence-electron chi connectivity index (χ4n) is 0.102. The molecule has 0 heterocycles. The van der Waals surface area contributed by atoms with Crippen molar-refractivity contribution in [2.45, 2.75) is 6.92 Å². The van der Waals surface area contributed by atoms with Crippen LogP contribution < -0.4 is 5.32 Å². The Kier molecular flexibility index (Phi) is 51.1. The van der Waals surface area contributed by atoms with E-state index >= 15 is 0 Å². The summed E-state index contributed by atoms with van der Waals surface area (Å²) in [5, 5.41) is 2.25. The van der Waals surface area contributed by atoms with E-state index in [0.29, 0.717) is 0 Å². The molecule has 10 heavy (non-hydrogen) atoms. The summed E-state index contributed by atoms with van der Waals surface area (Å²) >= 11 is 0. The summed E-state index contributed by atoms with van der Waals surface area (Å²) < 4.78 is 4.15. The van der Waals surface area contributed by atoms with E-state index < -0.39 is 6.09 Å². The third-order valence-electron chi connectivity index (χ3n) is 0.390. The maximum absolute atomic E-state index is 9.85. The van der Waals surface area contributed by atoms with Crippen molar-refractivity contribution in [2.24, 2.45) is 0 Å². The van der Waals surface area contributed by atoms with E-state index in [1.807, 2.05) is 0 Å². The number of amides is 1. The number of carbonyl (C=O) groups is 1. The zero-order valence-corrected chi connectivity index (χ0v) is 9.94. The number of alkyl carbamates (subject to hydrolysis) is 1. The average Bonchev–Trinajstić information content (AvgIpc) is 1.91. The quantitative estimate of drug-likeness (QED) is 0.626. The Labute approximate surface area is 88.8 Å². The summed E-state index contributed by atoms with van der Waals surface area (Å²) in [5.41, 5.74) is 0. The smallest absolute Gasteiger partial charge is 0.406 e. The maximum atomic E-state index is 9.85. The van der Waals surface area contributed by atoms with Crippen LogP contribution in [0.1, 0.15) is 6.92 Å². The second kappa shape index (κ2) is 22.8. The summed E-state index contributed by atoms with van der Waals surface area (Å²) in [5.74, 6) is 0. The van der Waals surface area contributed by atoms with Gasteiger partial charge < -0.3 is 24.4 Å². The molecule has 0 aromatic heterocycles. The summed E-state index contributed by atoms with van der Waals surface area (Å²) in [6.07, 6.45) is -0.407. The molecule has 0 spiro atoms. The van der Waals surface area contributed by atoms with Crippen LogP contribution in [0.15, 0.2) is 0 Å². The maximum Gasteiger partial charge on any atom is 0.406 e. The Morgan fingerprint density at radius 1 is 1.50 bits per heavy atom. The van der Waals surface area contributed by atoms with E-state index in [-0.39, 0.29) is 40.1 Å². The first-order valence-electron chi connectivity index (χ1n) is 2.27. The van der Waals surface area contributed by atoms with E-state index in [2.05, 4.69) is 17.0 Å². The first-order chi connectivity index (χ1) is 3.81. The van der Waals surface area contributed by atoms with Gasteiger partial charge in [-0.15, -0.1) is 0 Å². The third-order valence-corrected chi connectivity index (χ3v) is 0.390. The molecule has 1 radical (unpaired) electrons. The second-order valence-electron chi connectivity index (χ2n) is 0.742. The molecular formula is C6H15NO2Y-2. The predicted octanol–water partition coefficient (Wildman–Crippen LogP) is 1.26. The van der Waals surface area contributed by atoms with Gasteiger partial charge in [0.1, 0.15) is 0 Å². The Morgan fingerprint density at radius 2 is 1.80 bits per heavy atom. The van der Waals surface area contributed by atoms with Crippen LogP contribution in [0.25, 0.3) is 0 Å². The van der Waals surface area contributed by atoms with Crippen molar-refractivity contribution in [3.63, 3.8) is 0 Å². The number of hydrogen-bond acceptors (Lipinski definition) is 2. The predicted molar refractivity (Wildman–Crippen MR) is 38.9 cm³/mol. The molecule has 0 fully saturated rings. The second-order valence-corrected chi connectivity index (χ2v) is 0.742. The number of nitrogens with one attached hydrogen (secondary N) is 1. The normalized spacial score (nSPS) is 4.80. The van der Waals surface area contributed by atoms with Crippen LogP contribution >= 0.6 is 0 Å². The first kappa shape index (κ1) is 22.4. The molecule has 0 rings (SSSR count). The zero-order chi connectivity index (χ0) is 6.99. The average molecular weight is 222 g/mol. The first-order valence-corrected chi connectivity index (χ1v) is 2.27. The largest absolute Gasteiger partial charge is 0.453 e. The molecule has 0 aliphatic carbocycles. The van der Waals surface area contributed by atoms with Gasteiger partial charge in [0.05, 0.1) is 7.11 Å². The summed E-state index contributed by atoms with van der Waals surface area (Å²) in [6.45, 7) is 5.00. The van der Waals surface area contributed by atoms with Gasteiger partial charge in [0.25, 0.3) is 0 Å². The fourth-order valence-corrected chi connectivity index (χ4v) is 0.102. The molecule has 1 N–H and O–H groups in total. The van der Waals surface area contributed by atoms with Crippen LogP contribution in [0.3, 0.4) is 0 Å². The van der Waals surface area contributed by atoms with Gasteiger partial charge in [-0.05, 0) is 0 Å². The Bertz CT molecular complexity index is 53.7. The fraction of sp³-hybridized carbons (Fsp3) is 0.500. The summed E-state index contributed by atoms with van der Waals surface area (Å²) in [4.78, 5) is 9.85. The third kappa shape index (κ3) is 23.8. The molecule has 0 aliphatic heterocycles. The van der Waals surface area contributed by atoms with Crippen molar-refractivity contribution < 1.29 is 42.2 Å². The molecule has 4 heteroatoms. The van der Waals surface area contributed by atoms with Crippen molar-refractivity contribution in [2.75, 3.05) is 14.2 Å². The van der Waals surface area contributed by atoms with Gasteiger partial charge in [0, 0.05) is 39.8 Å². The van der Waals surface area contributed by atoms with Gasteiger partial charge in [-0.25, -0.2) is 4.79 Å². The van der Waals surface area contributed by atoms with Gasteiger partial charge in [0.15, 0.2) is 0 Å². The minimum absolute atomic E-state index is 0. The van der Waals surface area contributed by atoms with E-state index in [9.17, 15) is 4.79 Å². The summed E-state index contributed by atoms with van der Waals surface area (Å²) in [6, 6.07) is 0. The zero-order valence-electron chi connectivity index (χ0n) is 7.10. The summed E-state index contributed by atoms with van der Waals surface area (Å²) in [7, 11) is 2.82. The van der Waals surface area contributed by atoms with Gasteiger partial charge >= 0.3 is 6.09 Å². The Morgan fingerprint density at radius 3 is 1.80 bits per heavy atom.